The van der Waals surface area contributed by atoms with Gasteiger partial charge in [-0.25, -0.2) is 9.37 Å². The maximum Gasteiger partial charge on any atom is 0.314 e. The molecule has 3 N–H and O–H groups in total. The van der Waals surface area contributed by atoms with E-state index < -0.39 is 52.4 Å². The molecule has 2 aromatic rings. The highest BCUT2D eigenvalue weighted by Crippen LogP contribution is 2.47. The fourth-order valence-electron chi connectivity index (χ4n) is 6.28. The number of likely N-dealkylation sites (tertiary alicyclic amines) is 1. The zero-order valence-electron chi connectivity index (χ0n) is 30.2. The summed E-state index contributed by atoms with van der Waals surface area (Å²) in [5, 5.41) is 16.0. The van der Waals surface area contributed by atoms with Crippen LogP contribution >= 0.6 is 11.3 Å². The van der Waals surface area contributed by atoms with Gasteiger partial charge in [0.15, 0.2) is 5.67 Å². The summed E-state index contributed by atoms with van der Waals surface area (Å²) in [6.45, 7) is 8.64. The molecule has 2 saturated carbocycles. The van der Waals surface area contributed by atoms with E-state index in [-0.39, 0.29) is 38.3 Å². The van der Waals surface area contributed by atoms with E-state index in [9.17, 15) is 28.7 Å². The Labute approximate surface area is 302 Å². The standard InChI is InChI=1S/C37H51FN4O8S/c1-23-29(51-22-40-23)24-9-10-25(28(17-24)50-16-8-6-7-15-49-21-36(11-12-36)34(47)48-5)19-39-31(44)27-18-26(43)20-42(27)32(45)30(35(2,3)4)41-33(46)37(38)13-14-37/h9-10,17,22,26-27,30,43H,6-8,11-16,18-21H2,1-5H3,(H,39,44)(H,41,46)/t26-,27+,30-/m1/s1. The number of aryl methyl sites for hydroxylation is 1. The summed E-state index contributed by atoms with van der Waals surface area (Å²) >= 11 is 1.53. The number of thiazole rings is 1. The van der Waals surface area contributed by atoms with E-state index in [1.807, 2.05) is 25.1 Å². The Morgan fingerprint density at radius 3 is 2.47 bits per heavy atom. The summed E-state index contributed by atoms with van der Waals surface area (Å²) in [6.07, 6.45) is 3.39. The molecule has 0 radical (unpaired) electrons. The summed E-state index contributed by atoms with van der Waals surface area (Å²) in [6, 6.07) is 3.74. The molecule has 3 amide bonds. The predicted octanol–water partition coefficient (Wildman–Crippen LogP) is 4.25. The molecule has 1 aromatic carbocycles. The van der Waals surface area contributed by atoms with Gasteiger partial charge in [0, 0.05) is 31.7 Å². The highest BCUT2D eigenvalue weighted by atomic mass is 32.1. The molecule has 1 aliphatic heterocycles. The number of aliphatic hydroxyl groups is 1. The molecule has 1 aromatic heterocycles. The molecule has 14 heteroatoms. The molecule has 0 unspecified atom stereocenters. The minimum atomic E-state index is -1.96. The van der Waals surface area contributed by atoms with Crippen molar-refractivity contribution in [1.82, 2.24) is 20.5 Å². The molecule has 2 heterocycles. The van der Waals surface area contributed by atoms with Crippen LogP contribution in [0, 0.1) is 17.8 Å². The minimum absolute atomic E-state index is 0.0375. The van der Waals surface area contributed by atoms with Crippen molar-refractivity contribution in [3.8, 4) is 16.2 Å². The first-order valence-corrected chi connectivity index (χ1v) is 18.6. The number of benzene rings is 1. The van der Waals surface area contributed by atoms with Crippen LogP contribution in [0.4, 0.5) is 4.39 Å². The number of rotatable bonds is 17. The van der Waals surface area contributed by atoms with Crippen LogP contribution < -0.4 is 15.4 Å². The van der Waals surface area contributed by atoms with E-state index >= 15 is 0 Å². The number of amides is 3. The lowest BCUT2D eigenvalue weighted by Crippen LogP contribution is -2.59. The second-order valence-corrected chi connectivity index (χ2v) is 16.0. The summed E-state index contributed by atoms with van der Waals surface area (Å²) < 4.78 is 31.4. The third-order valence-corrected chi connectivity index (χ3v) is 10.9. The van der Waals surface area contributed by atoms with E-state index in [4.69, 9.17) is 14.2 Å². The molecule has 0 bridgehead atoms. The fourth-order valence-corrected chi connectivity index (χ4v) is 7.08. The first-order chi connectivity index (χ1) is 24.2. The van der Waals surface area contributed by atoms with Crippen LogP contribution in [0.3, 0.4) is 0 Å². The Morgan fingerprint density at radius 2 is 1.84 bits per heavy atom. The number of esters is 1. The summed E-state index contributed by atoms with van der Waals surface area (Å²) in [5.74, 6) is -1.40. The van der Waals surface area contributed by atoms with Crippen LogP contribution in [-0.2, 0) is 35.2 Å². The molecule has 1 saturated heterocycles. The summed E-state index contributed by atoms with van der Waals surface area (Å²) in [4.78, 5) is 58.6. The Hall–Kier alpha value is -3.62. The van der Waals surface area contributed by atoms with Gasteiger partial charge >= 0.3 is 5.97 Å². The molecular formula is C37H51FN4O8S. The number of nitrogens with zero attached hydrogens (tertiary/aromatic N) is 2. The van der Waals surface area contributed by atoms with Crippen LogP contribution in [0.2, 0.25) is 0 Å². The van der Waals surface area contributed by atoms with Gasteiger partial charge < -0.3 is 34.9 Å². The lowest BCUT2D eigenvalue weighted by atomic mass is 9.85. The normalized spacial score (nSPS) is 20.7. The van der Waals surface area contributed by atoms with Crippen molar-refractivity contribution in [3.05, 3.63) is 35.0 Å². The summed E-state index contributed by atoms with van der Waals surface area (Å²) in [7, 11) is 1.40. The van der Waals surface area contributed by atoms with Crippen molar-refractivity contribution in [3.63, 3.8) is 0 Å². The molecule has 5 rings (SSSR count). The smallest absolute Gasteiger partial charge is 0.314 e. The quantitative estimate of drug-likeness (QED) is 0.160. The number of ether oxygens (including phenoxy) is 3. The second-order valence-electron chi connectivity index (χ2n) is 15.2. The van der Waals surface area contributed by atoms with Gasteiger partial charge in [-0.2, -0.15) is 0 Å². The van der Waals surface area contributed by atoms with Crippen molar-refractivity contribution in [2.24, 2.45) is 10.8 Å². The molecule has 3 aliphatic rings. The van der Waals surface area contributed by atoms with E-state index in [1.165, 1.54) is 23.3 Å². The highest BCUT2D eigenvalue weighted by Gasteiger charge is 2.53. The number of aromatic nitrogens is 1. The molecule has 3 atom stereocenters. The van der Waals surface area contributed by atoms with Crippen LogP contribution in [0.5, 0.6) is 5.75 Å². The minimum Gasteiger partial charge on any atom is -0.493 e. The lowest BCUT2D eigenvalue weighted by molar-refractivity contribution is -0.149. The highest BCUT2D eigenvalue weighted by molar-refractivity contribution is 7.13. The maximum atomic E-state index is 14.5. The SMILES string of the molecule is COC(=O)C1(COCCCCCOc2cc(-c3scnc3C)ccc2CNC(=O)[C@@H]2C[C@@H](O)CN2C(=O)[C@@H](NC(=O)C2(F)CC2)C(C)(C)C)CC1. The number of alkyl halides is 1. The van der Waals surface area contributed by atoms with Crippen LogP contribution in [0.25, 0.3) is 10.4 Å². The number of methoxy groups -OCH3 is 1. The third kappa shape index (κ3) is 9.44. The van der Waals surface area contributed by atoms with Crippen molar-refractivity contribution < 1.29 is 42.9 Å². The number of halogens is 1. The first kappa shape index (κ1) is 38.6. The first-order valence-electron chi connectivity index (χ1n) is 17.8. The lowest BCUT2D eigenvalue weighted by Gasteiger charge is -2.35. The third-order valence-electron chi connectivity index (χ3n) is 9.92. The molecule has 51 heavy (non-hydrogen) atoms. The van der Waals surface area contributed by atoms with Crippen molar-refractivity contribution >= 4 is 35.0 Å². The van der Waals surface area contributed by atoms with Crippen molar-refractivity contribution in [2.45, 2.75) is 109 Å². The van der Waals surface area contributed by atoms with Gasteiger partial charge in [-0.15, -0.1) is 11.3 Å². The van der Waals surface area contributed by atoms with Crippen molar-refractivity contribution in [1.29, 1.82) is 0 Å². The Balaban J connectivity index is 1.19. The van der Waals surface area contributed by atoms with Gasteiger partial charge in [0.25, 0.3) is 5.91 Å². The second kappa shape index (κ2) is 16.0. The van der Waals surface area contributed by atoms with Gasteiger partial charge in [0.2, 0.25) is 11.8 Å². The average molecular weight is 731 g/mol. The number of aliphatic hydroxyl groups excluding tert-OH is 1. The Morgan fingerprint density at radius 1 is 1.12 bits per heavy atom. The van der Waals surface area contributed by atoms with E-state index in [0.29, 0.717) is 25.6 Å². The average Bonchev–Trinajstić information content (AvgIpc) is 3.96. The molecule has 2 aliphatic carbocycles. The predicted molar refractivity (Wildman–Crippen MR) is 189 cm³/mol. The number of unbranched alkanes of at least 4 members (excludes halogenated alkanes) is 2. The molecule has 0 spiro atoms. The van der Waals surface area contributed by atoms with Gasteiger partial charge in [-0.05, 0) is 68.9 Å². The number of carbonyl (C=O) groups is 4. The van der Waals surface area contributed by atoms with E-state index in [2.05, 4.69) is 15.6 Å². The number of hydrogen-bond donors (Lipinski definition) is 3. The van der Waals surface area contributed by atoms with Gasteiger partial charge in [-0.3, -0.25) is 19.2 Å². The topological polar surface area (TPSA) is 156 Å². The number of carbonyl (C=O) groups excluding carboxylic acids is 4. The van der Waals surface area contributed by atoms with Crippen LogP contribution in [-0.4, -0.2) is 96.0 Å². The molecular weight excluding hydrogens is 679 g/mol. The van der Waals surface area contributed by atoms with E-state index in [1.54, 1.807) is 26.3 Å². The maximum absolute atomic E-state index is 14.5. The largest absolute Gasteiger partial charge is 0.493 e. The number of β-amino-alcohol motifs (C(OH)–C–C–N with tert-alkyl or cyclic N) is 1. The van der Waals surface area contributed by atoms with Gasteiger partial charge in [0.1, 0.15) is 17.8 Å². The van der Waals surface area contributed by atoms with E-state index in [0.717, 1.165) is 53.8 Å². The molecule has 3 fully saturated rings. The van der Waals surface area contributed by atoms with Gasteiger partial charge in [-0.1, -0.05) is 32.9 Å². The van der Waals surface area contributed by atoms with Crippen LogP contribution in [0.15, 0.2) is 23.7 Å². The Bertz CT molecular complexity index is 1580. The zero-order chi connectivity index (χ0) is 37.0. The Kier molecular flexibility index (Phi) is 12.1. The molecule has 280 valence electrons. The summed E-state index contributed by atoms with van der Waals surface area (Å²) in [5.41, 5.74) is 1.19. The monoisotopic (exact) mass is 730 g/mol. The van der Waals surface area contributed by atoms with Crippen LogP contribution in [0.1, 0.15) is 83.4 Å². The number of nitrogens with one attached hydrogen (secondary N) is 2. The molecule has 12 nitrogen and oxygen atoms in total. The zero-order valence-corrected chi connectivity index (χ0v) is 31.0. The van der Waals surface area contributed by atoms with Gasteiger partial charge in [0.05, 0.1) is 47.9 Å². The van der Waals surface area contributed by atoms with Crippen molar-refractivity contribution in [2.75, 3.05) is 33.5 Å². The number of hydrogen-bond acceptors (Lipinski definition) is 10. The fraction of sp³-hybridized carbons (Fsp3) is 0.649.